The van der Waals surface area contributed by atoms with E-state index in [1.54, 1.807) is 18.2 Å². The third kappa shape index (κ3) is 5.03. The quantitative estimate of drug-likeness (QED) is 0.742. The minimum Gasteiger partial charge on any atom is -0.479 e. The second-order valence-electron chi connectivity index (χ2n) is 2.86. The van der Waals surface area contributed by atoms with Gasteiger partial charge in [0.25, 0.3) is 0 Å². The second-order valence-corrected chi connectivity index (χ2v) is 4.19. The van der Waals surface area contributed by atoms with Gasteiger partial charge in [-0.05, 0) is 18.2 Å². The maximum absolute atomic E-state index is 11.2. The lowest BCUT2D eigenvalue weighted by Crippen LogP contribution is -2.30. The highest BCUT2D eigenvalue weighted by Crippen LogP contribution is 2.25. The van der Waals surface area contributed by atoms with Crippen molar-refractivity contribution in [2.24, 2.45) is 0 Å². The summed E-state index contributed by atoms with van der Waals surface area (Å²) in [7, 11) is 0. The van der Waals surface area contributed by atoms with Crippen molar-refractivity contribution in [2.75, 3.05) is 11.9 Å². The molecule has 0 fully saturated rings. The Morgan fingerprint density at radius 3 is 2.82 bits per heavy atom. The number of benzene rings is 1. The minimum atomic E-state index is -1.19. The zero-order valence-electron chi connectivity index (χ0n) is 8.37. The minimum absolute atomic E-state index is 0.349. The van der Waals surface area contributed by atoms with Crippen molar-refractivity contribution in [1.82, 2.24) is 5.48 Å². The lowest BCUT2D eigenvalue weighted by Gasteiger charge is -2.08. The number of halogens is 2. The van der Waals surface area contributed by atoms with E-state index in [0.29, 0.717) is 10.7 Å². The van der Waals surface area contributed by atoms with Crippen LogP contribution in [0.5, 0.6) is 0 Å². The predicted octanol–water partition coefficient (Wildman–Crippen LogP) is 2.24. The molecular formula is C9H8BrClN2O4. The number of aliphatic carboxylic acids is 1. The molecule has 0 atom stereocenters. The van der Waals surface area contributed by atoms with Crippen LogP contribution in [0.1, 0.15) is 0 Å². The molecule has 6 nitrogen and oxygen atoms in total. The van der Waals surface area contributed by atoms with Crippen molar-refractivity contribution in [2.45, 2.75) is 0 Å². The zero-order chi connectivity index (χ0) is 12.8. The zero-order valence-corrected chi connectivity index (χ0v) is 10.7. The van der Waals surface area contributed by atoms with Gasteiger partial charge in [-0.2, -0.15) is 0 Å². The van der Waals surface area contributed by atoms with Gasteiger partial charge in [-0.15, -0.1) is 0 Å². The monoisotopic (exact) mass is 322 g/mol. The third-order valence-electron chi connectivity index (χ3n) is 1.54. The summed E-state index contributed by atoms with van der Waals surface area (Å²) in [6.07, 6.45) is 0. The third-order valence-corrected chi connectivity index (χ3v) is 2.36. The highest BCUT2D eigenvalue weighted by atomic mass is 79.9. The SMILES string of the molecule is O=C(O)CONC(=O)Nc1cc(Br)ccc1Cl. The van der Waals surface area contributed by atoms with Gasteiger partial charge < -0.3 is 10.4 Å². The number of carboxylic acids is 1. The van der Waals surface area contributed by atoms with Crippen molar-refractivity contribution >= 4 is 45.2 Å². The average molecular weight is 324 g/mol. The van der Waals surface area contributed by atoms with Gasteiger partial charge in [-0.25, -0.2) is 15.1 Å². The summed E-state index contributed by atoms with van der Waals surface area (Å²) in [5, 5.41) is 11.0. The Bertz CT molecular complexity index is 441. The summed E-state index contributed by atoms with van der Waals surface area (Å²) in [5.74, 6) is -1.19. The molecule has 0 unspecified atom stereocenters. The molecule has 92 valence electrons. The lowest BCUT2D eigenvalue weighted by atomic mass is 10.3. The highest BCUT2D eigenvalue weighted by Gasteiger charge is 2.06. The van der Waals surface area contributed by atoms with Crippen LogP contribution < -0.4 is 10.8 Å². The van der Waals surface area contributed by atoms with Crippen molar-refractivity contribution < 1.29 is 19.5 Å². The van der Waals surface area contributed by atoms with Crippen LogP contribution >= 0.6 is 27.5 Å². The van der Waals surface area contributed by atoms with Gasteiger partial charge in [0, 0.05) is 4.47 Å². The first kappa shape index (κ1) is 13.8. The first-order valence-electron chi connectivity index (χ1n) is 4.34. The molecular weight excluding hydrogens is 315 g/mol. The summed E-state index contributed by atoms with van der Waals surface area (Å²) in [6.45, 7) is -0.625. The van der Waals surface area contributed by atoms with Crippen molar-refractivity contribution in [3.8, 4) is 0 Å². The molecule has 8 heteroatoms. The van der Waals surface area contributed by atoms with Crippen LogP contribution in [-0.4, -0.2) is 23.7 Å². The predicted molar refractivity (Wildman–Crippen MR) is 64.9 cm³/mol. The summed E-state index contributed by atoms with van der Waals surface area (Å²) >= 11 is 9.05. The van der Waals surface area contributed by atoms with Gasteiger partial charge in [0.1, 0.15) is 0 Å². The molecule has 0 aliphatic carbocycles. The van der Waals surface area contributed by atoms with Crippen molar-refractivity contribution in [3.05, 3.63) is 27.7 Å². The molecule has 0 saturated carbocycles. The van der Waals surface area contributed by atoms with Crippen LogP contribution in [0.15, 0.2) is 22.7 Å². The Morgan fingerprint density at radius 1 is 1.47 bits per heavy atom. The molecule has 0 radical (unpaired) electrons. The molecule has 1 aromatic carbocycles. The number of hydrogen-bond acceptors (Lipinski definition) is 3. The number of anilines is 1. The molecule has 0 spiro atoms. The van der Waals surface area contributed by atoms with Gasteiger partial charge in [-0.1, -0.05) is 27.5 Å². The maximum atomic E-state index is 11.2. The van der Waals surface area contributed by atoms with Gasteiger partial charge in [0.15, 0.2) is 6.61 Å². The number of nitrogens with one attached hydrogen (secondary N) is 2. The van der Waals surface area contributed by atoms with Gasteiger partial charge in [0.05, 0.1) is 10.7 Å². The molecule has 0 bridgehead atoms. The molecule has 3 N–H and O–H groups in total. The van der Waals surface area contributed by atoms with E-state index in [0.717, 1.165) is 4.47 Å². The van der Waals surface area contributed by atoms with Crippen LogP contribution in [0.4, 0.5) is 10.5 Å². The topological polar surface area (TPSA) is 87.7 Å². The Morgan fingerprint density at radius 2 is 2.18 bits per heavy atom. The Hall–Kier alpha value is -1.31. The van der Waals surface area contributed by atoms with E-state index < -0.39 is 18.6 Å². The number of hydrogen-bond donors (Lipinski definition) is 3. The number of urea groups is 1. The molecule has 17 heavy (non-hydrogen) atoms. The molecule has 0 heterocycles. The summed E-state index contributed by atoms with van der Waals surface area (Å²) in [6, 6.07) is 4.19. The van der Waals surface area contributed by atoms with E-state index in [-0.39, 0.29) is 0 Å². The molecule has 0 saturated heterocycles. The molecule has 1 rings (SSSR count). The first-order valence-corrected chi connectivity index (χ1v) is 5.52. The van der Waals surface area contributed by atoms with Gasteiger partial charge in [0.2, 0.25) is 0 Å². The van der Waals surface area contributed by atoms with E-state index in [4.69, 9.17) is 16.7 Å². The van der Waals surface area contributed by atoms with Crippen molar-refractivity contribution in [1.29, 1.82) is 0 Å². The fourth-order valence-corrected chi connectivity index (χ4v) is 1.43. The number of hydroxylamine groups is 1. The smallest absolute Gasteiger partial charge is 0.343 e. The largest absolute Gasteiger partial charge is 0.479 e. The van der Waals surface area contributed by atoms with E-state index >= 15 is 0 Å². The number of carboxylic acid groups (broad SMARTS) is 1. The van der Waals surface area contributed by atoms with Crippen LogP contribution in [0.3, 0.4) is 0 Å². The van der Waals surface area contributed by atoms with Crippen LogP contribution in [-0.2, 0) is 9.63 Å². The molecule has 2 amide bonds. The van der Waals surface area contributed by atoms with E-state index in [1.165, 1.54) is 0 Å². The lowest BCUT2D eigenvalue weighted by molar-refractivity contribution is -0.143. The average Bonchev–Trinajstić information content (AvgIpc) is 2.23. The summed E-state index contributed by atoms with van der Waals surface area (Å²) in [5.41, 5.74) is 2.28. The Balaban J connectivity index is 2.50. The molecule has 1 aromatic rings. The summed E-state index contributed by atoms with van der Waals surface area (Å²) < 4.78 is 0.739. The van der Waals surface area contributed by atoms with E-state index in [9.17, 15) is 9.59 Å². The number of carbonyl (C=O) groups excluding carboxylic acids is 1. The number of amides is 2. The summed E-state index contributed by atoms with van der Waals surface area (Å²) in [4.78, 5) is 25.7. The Labute approximate surface area is 110 Å². The highest BCUT2D eigenvalue weighted by molar-refractivity contribution is 9.10. The second kappa shape index (κ2) is 6.43. The van der Waals surface area contributed by atoms with Crippen LogP contribution in [0, 0.1) is 0 Å². The first-order chi connectivity index (χ1) is 7.99. The Kier molecular flexibility index (Phi) is 5.20. The molecule has 0 aromatic heterocycles. The number of carbonyl (C=O) groups is 2. The molecule has 0 aliphatic rings. The van der Waals surface area contributed by atoms with Gasteiger partial charge in [-0.3, -0.25) is 4.84 Å². The van der Waals surface area contributed by atoms with E-state index in [1.807, 2.05) is 5.48 Å². The fourth-order valence-electron chi connectivity index (χ4n) is 0.904. The number of rotatable bonds is 4. The maximum Gasteiger partial charge on any atom is 0.343 e. The fraction of sp³-hybridized carbons (Fsp3) is 0.111. The van der Waals surface area contributed by atoms with Crippen molar-refractivity contribution in [3.63, 3.8) is 0 Å². The van der Waals surface area contributed by atoms with E-state index in [2.05, 4.69) is 26.1 Å². The standard InChI is InChI=1S/C9H8BrClN2O4/c10-5-1-2-6(11)7(3-5)12-9(16)13-17-4-8(14)15/h1-3H,4H2,(H,14,15)(H2,12,13,16). The van der Waals surface area contributed by atoms with Crippen LogP contribution in [0.25, 0.3) is 0 Å². The van der Waals surface area contributed by atoms with Crippen LogP contribution in [0.2, 0.25) is 5.02 Å². The molecule has 0 aliphatic heterocycles. The van der Waals surface area contributed by atoms with Gasteiger partial charge >= 0.3 is 12.0 Å². The normalized spacial score (nSPS) is 9.76.